The third-order valence-corrected chi connectivity index (χ3v) is 4.57. The van der Waals surface area contributed by atoms with Crippen LogP contribution in [-0.2, 0) is 4.74 Å². The molecule has 0 aromatic heterocycles. The maximum absolute atomic E-state index is 12.6. The summed E-state index contributed by atoms with van der Waals surface area (Å²) in [5, 5.41) is 3.44. The lowest BCUT2D eigenvalue weighted by Crippen LogP contribution is -2.64. The first-order valence-electron chi connectivity index (χ1n) is 7.27. The van der Waals surface area contributed by atoms with Crippen molar-refractivity contribution in [2.75, 3.05) is 6.54 Å². The van der Waals surface area contributed by atoms with E-state index in [1.165, 1.54) is 0 Å². The lowest BCUT2D eigenvalue weighted by Gasteiger charge is -2.56. The Bertz CT molecular complexity index is 276. The van der Waals surface area contributed by atoms with Crippen LogP contribution >= 0.6 is 0 Å². The zero-order valence-electron chi connectivity index (χ0n) is 12.3. The Hall–Kier alpha value is -0.290. The Kier molecular flexibility index (Phi) is 5.68. The number of rotatable bonds is 7. The van der Waals surface area contributed by atoms with Crippen LogP contribution in [0.1, 0.15) is 53.4 Å². The van der Waals surface area contributed by atoms with Gasteiger partial charge in [0.2, 0.25) is 0 Å². The van der Waals surface area contributed by atoms with Gasteiger partial charge in [0.15, 0.2) is 6.10 Å². The number of ether oxygens (including phenoxy) is 1. The molecule has 0 aromatic carbocycles. The maximum Gasteiger partial charge on any atom is 0.414 e. The first-order chi connectivity index (χ1) is 8.81. The second-order valence-electron chi connectivity index (χ2n) is 5.49. The van der Waals surface area contributed by atoms with E-state index in [4.69, 9.17) is 4.74 Å². The maximum atomic E-state index is 12.6. The molecule has 0 bridgehead atoms. The number of hydrogen-bond donors (Lipinski definition) is 1. The third kappa shape index (κ3) is 3.43. The van der Waals surface area contributed by atoms with Crippen molar-refractivity contribution in [1.29, 1.82) is 0 Å². The first kappa shape index (κ1) is 16.8. The van der Waals surface area contributed by atoms with E-state index in [0.717, 1.165) is 32.7 Å². The normalized spacial score (nSPS) is 27.9. The van der Waals surface area contributed by atoms with E-state index in [2.05, 4.69) is 12.2 Å². The molecule has 1 fully saturated rings. The van der Waals surface area contributed by atoms with Crippen LogP contribution < -0.4 is 5.32 Å². The van der Waals surface area contributed by atoms with Crippen LogP contribution in [0.5, 0.6) is 0 Å². The van der Waals surface area contributed by atoms with Crippen molar-refractivity contribution < 1.29 is 17.9 Å². The van der Waals surface area contributed by atoms with E-state index >= 15 is 0 Å². The van der Waals surface area contributed by atoms with Crippen LogP contribution in [0.4, 0.5) is 13.2 Å². The van der Waals surface area contributed by atoms with Gasteiger partial charge in [0.1, 0.15) is 0 Å². The second kappa shape index (κ2) is 6.44. The highest BCUT2D eigenvalue weighted by molar-refractivity contribution is 5.07. The highest BCUT2D eigenvalue weighted by Gasteiger charge is 2.55. The van der Waals surface area contributed by atoms with Crippen molar-refractivity contribution in [3.8, 4) is 0 Å². The van der Waals surface area contributed by atoms with E-state index in [9.17, 15) is 13.2 Å². The van der Waals surface area contributed by atoms with Crippen molar-refractivity contribution in [3.05, 3.63) is 0 Å². The molecule has 0 aromatic rings. The fraction of sp³-hybridized carbons (Fsp3) is 1.00. The summed E-state index contributed by atoms with van der Waals surface area (Å²) in [7, 11) is 0. The average molecular weight is 281 g/mol. The molecule has 1 N–H and O–H groups in total. The van der Waals surface area contributed by atoms with Crippen LogP contribution in [0.3, 0.4) is 0 Å². The van der Waals surface area contributed by atoms with Crippen LogP contribution in [0.25, 0.3) is 0 Å². The van der Waals surface area contributed by atoms with Gasteiger partial charge in [0, 0.05) is 11.5 Å². The summed E-state index contributed by atoms with van der Waals surface area (Å²) in [6.07, 6.45) is -2.82. The number of alkyl halides is 3. The van der Waals surface area contributed by atoms with Crippen molar-refractivity contribution in [2.45, 2.75) is 77.8 Å². The smallest absolute Gasteiger partial charge is 0.365 e. The Morgan fingerprint density at radius 3 is 2.26 bits per heavy atom. The highest BCUT2D eigenvalue weighted by atomic mass is 19.4. The molecule has 0 amide bonds. The molecule has 3 atom stereocenters. The zero-order valence-corrected chi connectivity index (χ0v) is 12.3. The molecule has 0 aliphatic heterocycles. The lowest BCUT2D eigenvalue weighted by atomic mass is 9.58. The van der Waals surface area contributed by atoms with Crippen molar-refractivity contribution in [3.63, 3.8) is 0 Å². The van der Waals surface area contributed by atoms with Crippen molar-refractivity contribution in [2.24, 2.45) is 5.41 Å². The summed E-state index contributed by atoms with van der Waals surface area (Å²) in [6, 6.07) is 0.285. The molecule has 19 heavy (non-hydrogen) atoms. The van der Waals surface area contributed by atoms with Crippen molar-refractivity contribution >= 4 is 0 Å². The minimum Gasteiger partial charge on any atom is -0.365 e. The standard InChI is InChI=1S/C14H26F3NO/c1-5-8-18-11-9-12(13(11,6-2)7-3)19-10(4)14(15,16)17/h10-12,18H,5-9H2,1-4H3. The highest BCUT2D eigenvalue weighted by Crippen LogP contribution is 2.50. The molecular formula is C14H26F3NO. The predicted octanol–water partition coefficient (Wildman–Crippen LogP) is 3.90. The molecule has 0 spiro atoms. The Balaban J connectivity index is 2.65. The van der Waals surface area contributed by atoms with E-state index in [1.807, 2.05) is 13.8 Å². The zero-order chi connectivity index (χ0) is 14.7. The second-order valence-corrected chi connectivity index (χ2v) is 5.49. The van der Waals surface area contributed by atoms with Gasteiger partial charge in [0.25, 0.3) is 0 Å². The van der Waals surface area contributed by atoms with Crippen LogP contribution in [0, 0.1) is 5.41 Å². The molecule has 5 heteroatoms. The van der Waals surface area contributed by atoms with E-state index in [0.29, 0.717) is 6.42 Å². The van der Waals surface area contributed by atoms with Gasteiger partial charge in [0.05, 0.1) is 6.10 Å². The largest absolute Gasteiger partial charge is 0.414 e. The van der Waals surface area contributed by atoms with Crippen LogP contribution in [0.2, 0.25) is 0 Å². The van der Waals surface area contributed by atoms with Gasteiger partial charge in [-0.2, -0.15) is 13.2 Å². The average Bonchev–Trinajstić information content (AvgIpc) is 2.33. The minimum atomic E-state index is -4.27. The molecule has 0 saturated heterocycles. The first-order valence-corrected chi connectivity index (χ1v) is 7.27. The quantitative estimate of drug-likeness (QED) is 0.764. The number of hydrogen-bond acceptors (Lipinski definition) is 2. The van der Waals surface area contributed by atoms with Gasteiger partial charge in [-0.05, 0) is 39.2 Å². The van der Waals surface area contributed by atoms with E-state index in [1.54, 1.807) is 0 Å². The van der Waals surface area contributed by atoms with Gasteiger partial charge in [-0.3, -0.25) is 0 Å². The van der Waals surface area contributed by atoms with Gasteiger partial charge < -0.3 is 10.1 Å². The molecule has 1 aliphatic rings. The Labute approximate surface area is 114 Å². The van der Waals surface area contributed by atoms with Gasteiger partial charge in [-0.25, -0.2) is 0 Å². The number of halogens is 3. The lowest BCUT2D eigenvalue weighted by molar-refractivity contribution is -0.261. The SMILES string of the molecule is CCCNC1CC(OC(C)C(F)(F)F)C1(CC)CC. The summed E-state index contributed by atoms with van der Waals surface area (Å²) < 4.78 is 43.1. The summed E-state index contributed by atoms with van der Waals surface area (Å²) in [6.45, 7) is 8.18. The summed E-state index contributed by atoms with van der Waals surface area (Å²) >= 11 is 0. The fourth-order valence-electron chi connectivity index (χ4n) is 3.07. The molecule has 1 aliphatic carbocycles. The Morgan fingerprint density at radius 2 is 1.84 bits per heavy atom. The topological polar surface area (TPSA) is 21.3 Å². The molecule has 2 nitrogen and oxygen atoms in total. The fourth-order valence-corrected chi connectivity index (χ4v) is 3.07. The monoisotopic (exact) mass is 281 g/mol. The molecule has 114 valence electrons. The molecule has 0 heterocycles. The summed E-state index contributed by atoms with van der Waals surface area (Å²) in [5.74, 6) is 0. The van der Waals surface area contributed by atoms with Crippen LogP contribution in [-0.4, -0.2) is 31.0 Å². The van der Waals surface area contributed by atoms with Gasteiger partial charge >= 0.3 is 6.18 Å². The van der Waals surface area contributed by atoms with Gasteiger partial charge in [-0.1, -0.05) is 20.8 Å². The molecule has 3 unspecified atom stereocenters. The summed E-state index contributed by atoms with van der Waals surface area (Å²) in [4.78, 5) is 0. The third-order valence-electron chi connectivity index (χ3n) is 4.57. The summed E-state index contributed by atoms with van der Waals surface area (Å²) in [5.41, 5.74) is -0.144. The van der Waals surface area contributed by atoms with E-state index in [-0.39, 0.29) is 17.6 Å². The minimum absolute atomic E-state index is 0.144. The predicted molar refractivity (Wildman–Crippen MR) is 70.1 cm³/mol. The Morgan fingerprint density at radius 1 is 1.26 bits per heavy atom. The number of nitrogens with one attached hydrogen (secondary N) is 1. The molecule has 0 radical (unpaired) electrons. The van der Waals surface area contributed by atoms with Crippen LogP contribution in [0.15, 0.2) is 0 Å². The molecule has 1 saturated carbocycles. The van der Waals surface area contributed by atoms with Gasteiger partial charge in [-0.15, -0.1) is 0 Å². The molecule has 1 rings (SSSR count). The molecular weight excluding hydrogens is 255 g/mol. The van der Waals surface area contributed by atoms with Crippen molar-refractivity contribution in [1.82, 2.24) is 5.32 Å². The van der Waals surface area contributed by atoms with E-state index < -0.39 is 12.3 Å².